The molecule has 1 aliphatic heterocycles. The molecule has 0 bridgehead atoms. The monoisotopic (exact) mass is 228 g/mol. The van der Waals surface area contributed by atoms with E-state index in [-0.39, 0.29) is 18.1 Å². The molecule has 1 aliphatic rings. The number of hydrogen-bond acceptors (Lipinski definition) is 3. The third-order valence-corrected chi connectivity index (χ3v) is 2.91. The number of aliphatic hydroxyl groups excluding tert-OH is 1. The van der Waals surface area contributed by atoms with E-state index in [9.17, 15) is 14.7 Å². The molecule has 0 aliphatic carbocycles. The van der Waals surface area contributed by atoms with Crippen molar-refractivity contribution in [2.24, 2.45) is 5.92 Å². The predicted octanol–water partition coefficient (Wildman–Crippen LogP) is 0.376. The molecule has 0 aromatic rings. The summed E-state index contributed by atoms with van der Waals surface area (Å²) in [6.07, 6.45) is 1.69. The molecule has 16 heavy (non-hydrogen) atoms. The van der Waals surface area contributed by atoms with E-state index in [4.69, 9.17) is 0 Å². The molecular formula is C11H20N2O3. The number of urea groups is 1. The van der Waals surface area contributed by atoms with Crippen LogP contribution >= 0.6 is 0 Å². The van der Waals surface area contributed by atoms with Crippen molar-refractivity contribution in [1.29, 1.82) is 0 Å². The maximum Gasteiger partial charge on any atom is 0.317 e. The number of carbonyl (C=O) groups excluding carboxylic acids is 2. The van der Waals surface area contributed by atoms with E-state index in [1.807, 2.05) is 13.8 Å². The second-order valence-electron chi connectivity index (χ2n) is 4.57. The van der Waals surface area contributed by atoms with Crippen LogP contribution in [0.3, 0.4) is 0 Å². The van der Waals surface area contributed by atoms with Gasteiger partial charge in [-0.15, -0.1) is 0 Å². The summed E-state index contributed by atoms with van der Waals surface area (Å²) in [5.41, 5.74) is 0. The van der Waals surface area contributed by atoms with Crippen LogP contribution in [0.15, 0.2) is 0 Å². The topological polar surface area (TPSA) is 69.6 Å². The second kappa shape index (κ2) is 5.84. The van der Waals surface area contributed by atoms with Crippen LogP contribution in [-0.2, 0) is 4.79 Å². The molecule has 1 heterocycles. The van der Waals surface area contributed by atoms with Crippen molar-refractivity contribution in [2.75, 3.05) is 13.1 Å². The van der Waals surface area contributed by atoms with Gasteiger partial charge in [0.2, 0.25) is 0 Å². The van der Waals surface area contributed by atoms with Crippen LogP contribution in [0.1, 0.15) is 26.7 Å². The van der Waals surface area contributed by atoms with Crippen molar-refractivity contribution in [3.8, 4) is 0 Å². The minimum atomic E-state index is -0.431. The molecule has 2 N–H and O–H groups in total. The fourth-order valence-electron chi connectivity index (χ4n) is 1.66. The van der Waals surface area contributed by atoms with E-state index in [1.165, 1.54) is 0 Å². The standard InChI is InChI=1S/C11H20N2O3/c1-8(2)10(7-14)12-11(16)13-5-3-9(15)4-6-13/h7-10,15H,3-6H2,1-2H3,(H,12,16)/t10-/m1/s1. The van der Waals surface area contributed by atoms with Gasteiger partial charge in [0.15, 0.2) is 0 Å². The first-order valence-electron chi connectivity index (χ1n) is 5.73. The summed E-state index contributed by atoms with van der Waals surface area (Å²) in [5.74, 6) is 0.0943. The van der Waals surface area contributed by atoms with Crippen molar-refractivity contribution < 1.29 is 14.7 Å². The lowest BCUT2D eigenvalue weighted by molar-refractivity contribution is -0.110. The van der Waals surface area contributed by atoms with Gasteiger partial charge in [0.1, 0.15) is 6.29 Å². The first-order chi connectivity index (χ1) is 7.54. The summed E-state index contributed by atoms with van der Waals surface area (Å²) in [6, 6.07) is -0.642. The van der Waals surface area contributed by atoms with Crippen LogP contribution < -0.4 is 5.32 Å². The Kier molecular flexibility index (Phi) is 4.73. The van der Waals surface area contributed by atoms with Gasteiger partial charge in [-0.05, 0) is 18.8 Å². The third-order valence-electron chi connectivity index (χ3n) is 2.91. The van der Waals surface area contributed by atoms with Crippen molar-refractivity contribution in [2.45, 2.75) is 38.8 Å². The molecule has 0 saturated carbocycles. The summed E-state index contributed by atoms with van der Waals surface area (Å²) in [5, 5.41) is 12.0. The molecule has 0 radical (unpaired) electrons. The molecule has 0 aromatic heterocycles. The zero-order chi connectivity index (χ0) is 12.1. The van der Waals surface area contributed by atoms with Gasteiger partial charge in [-0.25, -0.2) is 4.79 Å². The van der Waals surface area contributed by atoms with Crippen molar-refractivity contribution in [1.82, 2.24) is 10.2 Å². The number of likely N-dealkylation sites (tertiary alicyclic amines) is 1. The quantitative estimate of drug-likeness (QED) is 0.686. The first kappa shape index (κ1) is 13.0. The van der Waals surface area contributed by atoms with E-state index >= 15 is 0 Å². The normalized spacial score (nSPS) is 19.6. The SMILES string of the molecule is CC(C)[C@@H](C=O)NC(=O)N1CCC(O)CC1. The molecule has 0 spiro atoms. The minimum absolute atomic E-state index is 0.0943. The largest absolute Gasteiger partial charge is 0.393 e. The maximum atomic E-state index is 11.8. The van der Waals surface area contributed by atoms with E-state index in [0.29, 0.717) is 25.9 Å². The molecule has 5 nitrogen and oxygen atoms in total. The minimum Gasteiger partial charge on any atom is -0.393 e. The van der Waals surface area contributed by atoms with Gasteiger partial charge < -0.3 is 20.1 Å². The summed E-state index contributed by atoms with van der Waals surface area (Å²) >= 11 is 0. The summed E-state index contributed by atoms with van der Waals surface area (Å²) in [6.45, 7) is 4.88. The maximum absolute atomic E-state index is 11.8. The lowest BCUT2D eigenvalue weighted by Crippen LogP contribution is -2.50. The Bertz CT molecular complexity index is 248. The van der Waals surface area contributed by atoms with Gasteiger partial charge >= 0.3 is 6.03 Å². The van der Waals surface area contributed by atoms with E-state index in [1.54, 1.807) is 4.90 Å². The molecule has 1 atom stereocenters. The molecule has 2 amide bonds. The average molecular weight is 228 g/mol. The van der Waals surface area contributed by atoms with Crippen LogP contribution in [0, 0.1) is 5.92 Å². The molecule has 5 heteroatoms. The van der Waals surface area contributed by atoms with Gasteiger partial charge in [0.25, 0.3) is 0 Å². The molecule has 0 unspecified atom stereocenters. The fraction of sp³-hybridized carbons (Fsp3) is 0.818. The molecule has 1 fully saturated rings. The zero-order valence-corrected chi connectivity index (χ0v) is 9.85. The lowest BCUT2D eigenvalue weighted by Gasteiger charge is -2.31. The molecule has 1 saturated heterocycles. The van der Waals surface area contributed by atoms with Crippen LogP contribution in [-0.4, -0.2) is 47.6 Å². The van der Waals surface area contributed by atoms with Crippen molar-refractivity contribution in [3.05, 3.63) is 0 Å². The van der Waals surface area contributed by atoms with Crippen LogP contribution in [0.4, 0.5) is 4.79 Å². The predicted molar refractivity (Wildman–Crippen MR) is 60.0 cm³/mol. The number of aliphatic hydroxyl groups is 1. The highest BCUT2D eigenvalue weighted by Gasteiger charge is 2.23. The number of rotatable bonds is 3. The van der Waals surface area contributed by atoms with Crippen LogP contribution in [0.2, 0.25) is 0 Å². The average Bonchev–Trinajstić information content (AvgIpc) is 2.26. The number of nitrogens with one attached hydrogen (secondary N) is 1. The molecule has 1 rings (SSSR count). The Balaban J connectivity index is 2.42. The van der Waals surface area contributed by atoms with E-state index in [0.717, 1.165) is 6.29 Å². The summed E-state index contributed by atoms with van der Waals surface area (Å²) in [4.78, 5) is 24.1. The molecule has 0 aromatic carbocycles. The highest BCUT2D eigenvalue weighted by atomic mass is 16.3. The number of amides is 2. The van der Waals surface area contributed by atoms with Crippen molar-refractivity contribution >= 4 is 12.3 Å². The molecular weight excluding hydrogens is 208 g/mol. The fourth-order valence-corrected chi connectivity index (χ4v) is 1.66. The highest BCUT2D eigenvalue weighted by molar-refractivity contribution is 5.78. The highest BCUT2D eigenvalue weighted by Crippen LogP contribution is 2.10. The van der Waals surface area contributed by atoms with Gasteiger partial charge in [-0.1, -0.05) is 13.8 Å². The van der Waals surface area contributed by atoms with E-state index in [2.05, 4.69) is 5.32 Å². The van der Waals surface area contributed by atoms with Gasteiger partial charge in [-0.3, -0.25) is 0 Å². The Morgan fingerprint density at radius 3 is 2.44 bits per heavy atom. The van der Waals surface area contributed by atoms with Crippen molar-refractivity contribution in [3.63, 3.8) is 0 Å². The number of carbonyl (C=O) groups is 2. The van der Waals surface area contributed by atoms with Gasteiger partial charge in [0, 0.05) is 13.1 Å². The lowest BCUT2D eigenvalue weighted by atomic mass is 10.1. The number of hydrogen-bond donors (Lipinski definition) is 2. The van der Waals surface area contributed by atoms with Crippen LogP contribution in [0.25, 0.3) is 0 Å². The Morgan fingerprint density at radius 1 is 1.44 bits per heavy atom. The Hall–Kier alpha value is -1.10. The summed E-state index contributed by atoms with van der Waals surface area (Å²) < 4.78 is 0. The number of nitrogens with zero attached hydrogens (tertiary/aromatic N) is 1. The Labute approximate surface area is 95.8 Å². The Morgan fingerprint density at radius 2 is 2.00 bits per heavy atom. The van der Waals surface area contributed by atoms with Gasteiger partial charge in [-0.2, -0.15) is 0 Å². The molecule has 92 valence electrons. The summed E-state index contributed by atoms with van der Waals surface area (Å²) in [7, 11) is 0. The third kappa shape index (κ3) is 3.48. The number of piperidine rings is 1. The van der Waals surface area contributed by atoms with Crippen LogP contribution in [0.5, 0.6) is 0 Å². The van der Waals surface area contributed by atoms with E-state index < -0.39 is 6.04 Å². The second-order valence-corrected chi connectivity index (χ2v) is 4.57. The first-order valence-corrected chi connectivity index (χ1v) is 5.73. The smallest absolute Gasteiger partial charge is 0.317 e. The number of aldehydes is 1. The van der Waals surface area contributed by atoms with Gasteiger partial charge in [0.05, 0.1) is 12.1 Å². The zero-order valence-electron chi connectivity index (χ0n) is 9.85.